The third kappa shape index (κ3) is 5.64. The van der Waals surface area contributed by atoms with E-state index in [9.17, 15) is 8.78 Å². The molecule has 0 aliphatic carbocycles. The average molecular weight is 264 g/mol. The van der Waals surface area contributed by atoms with Gasteiger partial charge >= 0.3 is 0 Å². The molecule has 2 heteroatoms. The minimum atomic E-state index is -0.519. The molecule has 0 heterocycles. The van der Waals surface area contributed by atoms with Crippen molar-refractivity contribution in [2.24, 2.45) is 0 Å². The molecule has 1 unspecified atom stereocenters. The average Bonchev–Trinajstić information content (AvgIpc) is 2.40. The molecule has 0 spiro atoms. The molecule has 0 saturated heterocycles. The Hall–Kier alpha value is -1.70. The van der Waals surface area contributed by atoms with Crippen LogP contribution in [0.25, 0.3) is 0 Å². The number of benzene rings is 1. The van der Waals surface area contributed by atoms with E-state index in [-0.39, 0.29) is 11.7 Å². The molecule has 1 rings (SSSR count). The van der Waals surface area contributed by atoms with Crippen LogP contribution >= 0.6 is 0 Å². The highest BCUT2D eigenvalue weighted by Gasteiger charge is 2.13. The lowest BCUT2D eigenvalue weighted by Gasteiger charge is -2.16. The smallest absolute Gasteiger partial charge is 0.123 e. The van der Waals surface area contributed by atoms with E-state index in [1.54, 1.807) is 12.1 Å². The summed E-state index contributed by atoms with van der Waals surface area (Å²) in [5.74, 6) is -0.867. The van der Waals surface area contributed by atoms with Crippen LogP contribution in [0.3, 0.4) is 0 Å². The van der Waals surface area contributed by atoms with Crippen molar-refractivity contribution in [3.05, 3.63) is 72.4 Å². The van der Waals surface area contributed by atoms with Gasteiger partial charge in [0.25, 0.3) is 0 Å². The Kier molecular flexibility index (Phi) is 8.43. The van der Waals surface area contributed by atoms with Crippen molar-refractivity contribution in [2.45, 2.75) is 33.1 Å². The fraction of sp³-hybridized carbons (Fsp3) is 0.294. The van der Waals surface area contributed by atoms with Gasteiger partial charge in [0.1, 0.15) is 11.6 Å². The third-order valence-electron chi connectivity index (χ3n) is 2.62. The fourth-order valence-electron chi connectivity index (χ4n) is 1.87. The van der Waals surface area contributed by atoms with Crippen LogP contribution in [0.15, 0.2) is 61.0 Å². The molecule has 1 aromatic rings. The molecule has 19 heavy (non-hydrogen) atoms. The minimum Gasteiger partial charge on any atom is -0.208 e. The fourth-order valence-corrected chi connectivity index (χ4v) is 1.87. The summed E-state index contributed by atoms with van der Waals surface area (Å²) in [6.07, 6.45) is 3.67. The first-order valence-electron chi connectivity index (χ1n) is 6.52. The second-order valence-electron chi connectivity index (χ2n) is 3.81. The van der Waals surface area contributed by atoms with Crippen LogP contribution in [0.1, 0.15) is 38.7 Å². The van der Waals surface area contributed by atoms with Gasteiger partial charge in [0, 0.05) is 5.92 Å². The van der Waals surface area contributed by atoms with Crippen LogP contribution in [-0.4, -0.2) is 0 Å². The van der Waals surface area contributed by atoms with Gasteiger partial charge in [0.15, 0.2) is 0 Å². The maximum absolute atomic E-state index is 13.2. The van der Waals surface area contributed by atoms with Gasteiger partial charge in [-0.3, -0.25) is 0 Å². The maximum Gasteiger partial charge on any atom is 0.123 e. The second-order valence-corrected chi connectivity index (χ2v) is 3.81. The van der Waals surface area contributed by atoms with Gasteiger partial charge in [-0.2, -0.15) is 0 Å². The Labute approximate surface area is 115 Å². The van der Waals surface area contributed by atoms with Gasteiger partial charge in [0.2, 0.25) is 0 Å². The molecule has 0 aromatic heterocycles. The monoisotopic (exact) mass is 264 g/mol. The van der Waals surface area contributed by atoms with Crippen molar-refractivity contribution in [1.29, 1.82) is 0 Å². The molecule has 0 nitrogen and oxygen atoms in total. The highest BCUT2D eigenvalue weighted by Crippen LogP contribution is 2.29. The zero-order valence-corrected chi connectivity index (χ0v) is 11.9. The van der Waals surface area contributed by atoms with E-state index in [1.165, 1.54) is 18.2 Å². The Bertz CT molecular complexity index is 444. The van der Waals surface area contributed by atoms with E-state index < -0.39 is 5.83 Å². The van der Waals surface area contributed by atoms with E-state index in [0.29, 0.717) is 5.57 Å². The van der Waals surface area contributed by atoms with Crippen LogP contribution in [0.4, 0.5) is 8.78 Å². The zero-order valence-electron chi connectivity index (χ0n) is 11.9. The molecular weight excluding hydrogens is 242 g/mol. The molecule has 0 N–H and O–H groups in total. The van der Waals surface area contributed by atoms with Gasteiger partial charge in [-0.25, -0.2) is 8.78 Å². The van der Waals surface area contributed by atoms with Crippen molar-refractivity contribution >= 4 is 0 Å². The number of hydrogen-bond donors (Lipinski definition) is 0. The first-order valence-corrected chi connectivity index (χ1v) is 6.52. The first kappa shape index (κ1) is 17.3. The van der Waals surface area contributed by atoms with Gasteiger partial charge in [0.05, 0.1) is 0 Å². The van der Waals surface area contributed by atoms with Gasteiger partial charge < -0.3 is 0 Å². The molecule has 0 aliphatic heterocycles. The van der Waals surface area contributed by atoms with Crippen molar-refractivity contribution in [1.82, 2.24) is 0 Å². The topological polar surface area (TPSA) is 0 Å². The Morgan fingerprint density at radius 2 is 2.00 bits per heavy atom. The molecule has 1 atom stereocenters. The molecule has 0 aliphatic rings. The molecule has 104 valence electrons. The summed E-state index contributed by atoms with van der Waals surface area (Å²) in [7, 11) is 0. The number of allylic oxidation sites excluding steroid dienone is 4. The minimum absolute atomic E-state index is 0.0595. The van der Waals surface area contributed by atoms with Crippen LogP contribution in [0, 0.1) is 5.82 Å². The van der Waals surface area contributed by atoms with Crippen LogP contribution in [0.5, 0.6) is 0 Å². The first-order chi connectivity index (χ1) is 9.08. The summed E-state index contributed by atoms with van der Waals surface area (Å²) in [5.41, 5.74) is 1.53. The van der Waals surface area contributed by atoms with Crippen LogP contribution < -0.4 is 0 Å². The lowest BCUT2D eigenvalue weighted by molar-refractivity contribution is 0.621. The summed E-state index contributed by atoms with van der Waals surface area (Å²) in [6, 6.07) is 6.34. The summed E-state index contributed by atoms with van der Waals surface area (Å²) in [6.45, 7) is 12.8. The number of hydrogen-bond acceptors (Lipinski definition) is 0. The van der Waals surface area contributed by atoms with Crippen LogP contribution in [-0.2, 0) is 0 Å². The Morgan fingerprint density at radius 3 is 2.42 bits per heavy atom. The largest absolute Gasteiger partial charge is 0.208 e. The summed E-state index contributed by atoms with van der Waals surface area (Å²) in [5, 5.41) is 0. The lowest BCUT2D eigenvalue weighted by atomic mass is 9.88. The molecule has 0 bridgehead atoms. The lowest BCUT2D eigenvalue weighted by Crippen LogP contribution is -2.00. The molecular formula is C17H22F2. The second kappa shape index (κ2) is 9.26. The number of rotatable bonds is 5. The molecule has 1 aromatic carbocycles. The van der Waals surface area contributed by atoms with E-state index in [1.807, 2.05) is 26.8 Å². The number of halogens is 2. The summed E-state index contributed by atoms with van der Waals surface area (Å²) in [4.78, 5) is 0. The third-order valence-corrected chi connectivity index (χ3v) is 2.62. The molecule has 0 fully saturated rings. The SMILES string of the molecule is C=C/C(=C\C(=C)F)C(CC)c1cccc(F)c1.CC. The quantitative estimate of drug-likeness (QED) is 0.577. The Morgan fingerprint density at radius 1 is 1.37 bits per heavy atom. The van der Waals surface area contributed by atoms with E-state index in [0.717, 1.165) is 12.0 Å². The standard InChI is InChI=1S/C15H16F2.C2H6/c1-4-12(9-11(3)16)15(5-2)13-7-6-8-14(17)10-13;1-2/h4,6-10,15H,1,3,5H2,2H3;1-2H3/b12-9+;. The van der Waals surface area contributed by atoms with Gasteiger partial charge in [-0.1, -0.05) is 52.1 Å². The van der Waals surface area contributed by atoms with E-state index >= 15 is 0 Å². The van der Waals surface area contributed by atoms with E-state index in [4.69, 9.17) is 0 Å². The predicted molar refractivity (Wildman–Crippen MR) is 79.3 cm³/mol. The van der Waals surface area contributed by atoms with Crippen molar-refractivity contribution in [2.75, 3.05) is 0 Å². The predicted octanol–water partition coefficient (Wildman–Crippen LogP) is 5.94. The molecule has 0 saturated carbocycles. The zero-order chi connectivity index (χ0) is 14.8. The van der Waals surface area contributed by atoms with Gasteiger partial charge in [-0.15, -0.1) is 0 Å². The maximum atomic E-state index is 13.2. The summed E-state index contributed by atoms with van der Waals surface area (Å²) < 4.78 is 26.0. The van der Waals surface area contributed by atoms with Crippen molar-refractivity contribution in [3.63, 3.8) is 0 Å². The van der Waals surface area contributed by atoms with Gasteiger partial charge in [-0.05, 0) is 35.8 Å². The Balaban J connectivity index is 0.00000154. The van der Waals surface area contributed by atoms with Crippen LogP contribution in [0.2, 0.25) is 0 Å². The summed E-state index contributed by atoms with van der Waals surface area (Å²) >= 11 is 0. The van der Waals surface area contributed by atoms with E-state index in [2.05, 4.69) is 13.2 Å². The molecule has 0 amide bonds. The normalized spacial score (nSPS) is 12.2. The molecule has 0 radical (unpaired) electrons. The van der Waals surface area contributed by atoms with Crippen molar-refractivity contribution in [3.8, 4) is 0 Å². The highest BCUT2D eigenvalue weighted by atomic mass is 19.1. The van der Waals surface area contributed by atoms with Crippen molar-refractivity contribution < 1.29 is 8.78 Å². The highest BCUT2D eigenvalue weighted by molar-refractivity contribution is 5.37.